The Morgan fingerprint density at radius 3 is 2.17 bits per heavy atom. The summed E-state index contributed by atoms with van der Waals surface area (Å²) in [6, 6.07) is 0. The Labute approximate surface area is 75.2 Å². The van der Waals surface area contributed by atoms with Crippen LogP contribution in [0.3, 0.4) is 0 Å². The van der Waals surface area contributed by atoms with Crippen molar-refractivity contribution in [2.45, 2.75) is 51.5 Å². The highest BCUT2D eigenvalue weighted by molar-refractivity contribution is 4.99. The zero-order valence-electron chi connectivity index (χ0n) is 8.27. The van der Waals surface area contributed by atoms with Crippen molar-refractivity contribution < 1.29 is 5.11 Å². The van der Waals surface area contributed by atoms with Gasteiger partial charge in [-0.3, -0.25) is 0 Å². The second-order valence-corrected chi connectivity index (χ2v) is 4.68. The van der Waals surface area contributed by atoms with E-state index in [4.69, 9.17) is 10.8 Å². The Kier molecular flexibility index (Phi) is 2.79. The monoisotopic (exact) mass is 171 g/mol. The normalized spacial score (nSPS) is 23.0. The van der Waals surface area contributed by atoms with Gasteiger partial charge >= 0.3 is 0 Å². The number of hydrogen-bond donors (Lipinski definition) is 2. The van der Waals surface area contributed by atoms with E-state index in [0.717, 1.165) is 6.42 Å². The van der Waals surface area contributed by atoms with Gasteiger partial charge in [0.1, 0.15) is 0 Å². The van der Waals surface area contributed by atoms with Crippen LogP contribution in [-0.4, -0.2) is 17.3 Å². The van der Waals surface area contributed by atoms with Crippen LogP contribution in [0.1, 0.15) is 46.0 Å². The summed E-state index contributed by atoms with van der Waals surface area (Å²) >= 11 is 0. The van der Waals surface area contributed by atoms with E-state index in [1.807, 2.05) is 0 Å². The molecule has 0 aromatic carbocycles. The van der Waals surface area contributed by atoms with Crippen molar-refractivity contribution in [1.29, 1.82) is 0 Å². The van der Waals surface area contributed by atoms with Crippen molar-refractivity contribution in [1.82, 2.24) is 0 Å². The zero-order chi connectivity index (χ0) is 9.24. The molecule has 0 aromatic rings. The molecule has 12 heavy (non-hydrogen) atoms. The fourth-order valence-corrected chi connectivity index (χ4v) is 2.48. The van der Waals surface area contributed by atoms with Crippen LogP contribution in [0.25, 0.3) is 0 Å². The Morgan fingerprint density at radius 1 is 1.33 bits per heavy atom. The van der Waals surface area contributed by atoms with Crippen LogP contribution in [0.5, 0.6) is 0 Å². The molecule has 1 rings (SSSR count). The molecule has 2 heteroatoms. The molecule has 0 aromatic heterocycles. The number of aliphatic hydroxyl groups excluding tert-OH is 1. The SMILES string of the molecule is CC(C)(N)C1(CCO)CCCC1. The van der Waals surface area contributed by atoms with E-state index in [1.165, 1.54) is 25.7 Å². The Balaban J connectivity index is 2.72. The van der Waals surface area contributed by atoms with Crippen LogP contribution in [-0.2, 0) is 0 Å². The summed E-state index contributed by atoms with van der Waals surface area (Å²) in [5.41, 5.74) is 6.23. The molecule has 0 saturated heterocycles. The standard InChI is InChI=1S/C10H21NO/c1-9(2,11)10(7-8-12)5-3-4-6-10/h12H,3-8,11H2,1-2H3. The molecule has 2 nitrogen and oxygen atoms in total. The molecule has 0 unspecified atom stereocenters. The first-order valence-corrected chi connectivity index (χ1v) is 4.92. The second-order valence-electron chi connectivity index (χ2n) is 4.68. The summed E-state index contributed by atoms with van der Waals surface area (Å²) in [6.07, 6.45) is 5.81. The third kappa shape index (κ3) is 1.64. The molecular weight excluding hydrogens is 150 g/mol. The van der Waals surface area contributed by atoms with Crippen molar-refractivity contribution in [2.24, 2.45) is 11.1 Å². The van der Waals surface area contributed by atoms with Crippen molar-refractivity contribution >= 4 is 0 Å². The second kappa shape index (κ2) is 3.35. The summed E-state index contributed by atoms with van der Waals surface area (Å²) in [4.78, 5) is 0. The molecule has 0 bridgehead atoms. The van der Waals surface area contributed by atoms with Gasteiger partial charge in [-0.2, -0.15) is 0 Å². The highest BCUT2D eigenvalue weighted by Crippen LogP contribution is 2.47. The van der Waals surface area contributed by atoms with E-state index in [-0.39, 0.29) is 17.6 Å². The topological polar surface area (TPSA) is 46.2 Å². The van der Waals surface area contributed by atoms with Crippen LogP contribution in [0, 0.1) is 5.41 Å². The van der Waals surface area contributed by atoms with Crippen LogP contribution >= 0.6 is 0 Å². The van der Waals surface area contributed by atoms with Crippen molar-refractivity contribution in [3.8, 4) is 0 Å². The lowest BCUT2D eigenvalue weighted by Gasteiger charge is -2.41. The first-order valence-electron chi connectivity index (χ1n) is 4.92. The highest BCUT2D eigenvalue weighted by Gasteiger charge is 2.43. The minimum Gasteiger partial charge on any atom is -0.396 e. The Hall–Kier alpha value is -0.0800. The average molecular weight is 171 g/mol. The molecule has 1 aliphatic carbocycles. The maximum Gasteiger partial charge on any atom is 0.0437 e. The van der Waals surface area contributed by atoms with Crippen LogP contribution in [0.2, 0.25) is 0 Å². The summed E-state index contributed by atoms with van der Waals surface area (Å²) in [5, 5.41) is 9.00. The smallest absolute Gasteiger partial charge is 0.0437 e. The van der Waals surface area contributed by atoms with Gasteiger partial charge in [0.2, 0.25) is 0 Å². The van der Waals surface area contributed by atoms with E-state index >= 15 is 0 Å². The van der Waals surface area contributed by atoms with Gasteiger partial charge in [0, 0.05) is 12.1 Å². The molecular formula is C10H21NO. The first-order chi connectivity index (χ1) is 5.52. The van der Waals surface area contributed by atoms with Gasteiger partial charge in [0.05, 0.1) is 0 Å². The van der Waals surface area contributed by atoms with Gasteiger partial charge in [-0.15, -0.1) is 0 Å². The first kappa shape index (κ1) is 10.0. The third-order valence-corrected chi connectivity index (χ3v) is 3.52. The van der Waals surface area contributed by atoms with E-state index in [9.17, 15) is 0 Å². The summed E-state index contributed by atoms with van der Waals surface area (Å²) in [6.45, 7) is 4.46. The number of aliphatic hydroxyl groups is 1. The lowest BCUT2D eigenvalue weighted by atomic mass is 9.68. The van der Waals surface area contributed by atoms with Crippen molar-refractivity contribution in [3.63, 3.8) is 0 Å². The zero-order valence-corrected chi connectivity index (χ0v) is 8.27. The molecule has 1 aliphatic rings. The molecule has 1 saturated carbocycles. The van der Waals surface area contributed by atoms with E-state index in [2.05, 4.69) is 13.8 Å². The number of hydrogen-bond acceptors (Lipinski definition) is 2. The van der Waals surface area contributed by atoms with Crippen molar-refractivity contribution in [3.05, 3.63) is 0 Å². The molecule has 3 N–H and O–H groups in total. The molecule has 0 amide bonds. The highest BCUT2D eigenvalue weighted by atomic mass is 16.3. The molecule has 0 spiro atoms. The lowest BCUT2D eigenvalue weighted by molar-refractivity contribution is 0.106. The third-order valence-electron chi connectivity index (χ3n) is 3.52. The van der Waals surface area contributed by atoms with Crippen LogP contribution < -0.4 is 5.73 Å². The summed E-state index contributed by atoms with van der Waals surface area (Å²) < 4.78 is 0. The van der Waals surface area contributed by atoms with Gasteiger partial charge < -0.3 is 10.8 Å². The van der Waals surface area contributed by atoms with E-state index in [0.29, 0.717) is 0 Å². The van der Waals surface area contributed by atoms with Gasteiger partial charge in [0.25, 0.3) is 0 Å². The summed E-state index contributed by atoms with van der Waals surface area (Å²) in [5.74, 6) is 0. The van der Waals surface area contributed by atoms with Gasteiger partial charge in [0.15, 0.2) is 0 Å². The molecule has 72 valence electrons. The summed E-state index contributed by atoms with van der Waals surface area (Å²) in [7, 11) is 0. The molecule has 0 aliphatic heterocycles. The maximum absolute atomic E-state index is 9.00. The largest absolute Gasteiger partial charge is 0.396 e. The van der Waals surface area contributed by atoms with Crippen molar-refractivity contribution in [2.75, 3.05) is 6.61 Å². The van der Waals surface area contributed by atoms with Gasteiger partial charge in [-0.25, -0.2) is 0 Å². The maximum atomic E-state index is 9.00. The molecule has 0 heterocycles. The fourth-order valence-electron chi connectivity index (χ4n) is 2.48. The Morgan fingerprint density at radius 2 is 1.83 bits per heavy atom. The molecule has 0 atom stereocenters. The average Bonchev–Trinajstić information content (AvgIpc) is 2.36. The van der Waals surface area contributed by atoms with Crippen LogP contribution in [0.15, 0.2) is 0 Å². The minimum absolute atomic E-state index is 0.133. The van der Waals surface area contributed by atoms with Crippen LogP contribution in [0.4, 0.5) is 0 Å². The number of nitrogens with two attached hydrogens (primary N) is 1. The molecule has 0 radical (unpaired) electrons. The number of rotatable bonds is 3. The minimum atomic E-state index is -0.133. The molecule has 1 fully saturated rings. The predicted octanol–water partition coefficient (Wildman–Crippen LogP) is 1.67. The van der Waals surface area contributed by atoms with Gasteiger partial charge in [-0.1, -0.05) is 12.8 Å². The Bertz CT molecular complexity index is 142. The predicted molar refractivity (Wildman–Crippen MR) is 50.9 cm³/mol. The van der Waals surface area contributed by atoms with Gasteiger partial charge in [-0.05, 0) is 38.5 Å². The van der Waals surface area contributed by atoms with E-state index < -0.39 is 0 Å². The quantitative estimate of drug-likeness (QED) is 0.678. The van der Waals surface area contributed by atoms with E-state index in [1.54, 1.807) is 0 Å². The fraction of sp³-hybridized carbons (Fsp3) is 1.00. The lowest BCUT2D eigenvalue weighted by Crippen LogP contribution is -2.49.